The number of benzene rings is 1. The van der Waals surface area contributed by atoms with E-state index in [1.807, 2.05) is 6.08 Å². The molecule has 144 valence electrons. The zero-order valence-electron chi connectivity index (χ0n) is 16.8. The zero-order valence-corrected chi connectivity index (χ0v) is 17.7. The summed E-state index contributed by atoms with van der Waals surface area (Å²) < 4.78 is 0. The van der Waals surface area contributed by atoms with Crippen molar-refractivity contribution in [3.05, 3.63) is 46.4 Å². The normalized spacial score (nSPS) is 23.1. The molecule has 0 saturated carbocycles. The highest BCUT2D eigenvalue weighted by Crippen LogP contribution is 2.44. The first-order chi connectivity index (χ1) is 12.7. The SMILES string of the molecule is C=CCN1C(=O)S/C(=C\c2cc3c(cc2C)N(CC)C(C)(C)C[C@@H]3C)C1=O. The van der Waals surface area contributed by atoms with Gasteiger partial charge in [0.1, 0.15) is 0 Å². The van der Waals surface area contributed by atoms with Crippen LogP contribution in [0.5, 0.6) is 0 Å². The number of fused-ring (bicyclic) bond motifs is 1. The lowest BCUT2D eigenvalue weighted by molar-refractivity contribution is -0.122. The van der Waals surface area contributed by atoms with Crippen LogP contribution in [0.2, 0.25) is 0 Å². The number of aryl methyl sites for hydroxylation is 1. The van der Waals surface area contributed by atoms with E-state index in [4.69, 9.17) is 0 Å². The Labute approximate surface area is 166 Å². The van der Waals surface area contributed by atoms with Gasteiger partial charge in [-0.2, -0.15) is 0 Å². The van der Waals surface area contributed by atoms with Crippen molar-refractivity contribution >= 4 is 34.7 Å². The Morgan fingerprint density at radius 1 is 1.33 bits per heavy atom. The molecule has 5 heteroatoms. The predicted molar refractivity (Wildman–Crippen MR) is 114 cm³/mol. The standard InChI is InChI=1S/C22H28N2O2S/c1-7-9-23-20(25)19(27-21(23)26)12-16-11-17-15(4)13-22(5,6)24(8-2)18(17)10-14(16)3/h7,10-12,15H,1,8-9,13H2,2-6H3/b19-12-/t15-/m0/s1. The van der Waals surface area contributed by atoms with Crippen LogP contribution in [0.3, 0.4) is 0 Å². The molecule has 0 aromatic heterocycles. The number of hydrogen-bond donors (Lipinski definition) is 0. The van der Waals surface area contributed by atoms with Crippen molar-refractivity contribution in [3.63, 3.8) is 0 Å². The molecule has 2 aliphatic rings. The van der Waals surface area contributed by atoms with Gasteiger partial charge in [-0.3, -0.25) is 14.5 Å². The fourth-order valence-electron chi connectivity index (χ4n) is 4.33. The van der Waals surface area contributed by atoms with Crippen molar-refractivity contribution in [1.29, 1.82) is 0 Å². The Balaban J connectivity index is 2.03. The topological polar surface area (TPSA) is 40.6 Å². The maximum atomic E-state index is 12.5. The minimum atomic E-state index is -0.230. The van der Waals surface area contributed by atoms with E-state index >= 15 is 0 Å². The summed E-state index contributed by atoms with van der Waals surface area (Å²) in [4.78, 5) is 28.8. The molecule has 27 heavy (non-hydrogen) atoms. The van der Waals surface area contributed by atoms with Gasteiger partial charge in [0.15, 0.2) is 0 Å². The first-order valence-corrected chi connectivity index (χ1v) is 10.3. The lowest BCUT2D eigenvalue weighted by atomic mass is 9.79. The van der Waals surface area contributed by atoms with E-state index in [-0.39, 0.29) is 23.2 Å². The average Bonchev–Trinajstić information content (AvgIpc) is 2.84. The molecule has 4 nitrogen and oxygen atoms in total. The number of nitrogens with zero attached hydrogens (tertiary/aromatic N) is 2. The molecule has 0 aliphatic carbocycles. The van der Waals surface area contributed by atoms with Gasteiger partial charge in [-0.1, -0.05) is 13.0 Å². The lowest BCUT2D eigenvalue weighted by Crippen LogP contribution is -2.48. The fourth-order valence-corrected chi connectivity index (χ4v) is 5.17. The van der Waals surface area contributed by atoms with E-state index in [0.717, 1.165) is 35.9 Å². The van der Waals surface area contributed by atoms with E-state index < -0.39 is 0 Å². The van der Waals surface area contributed by atoms with Gasteiger partial charge in [0, 0.05) is 24.3 Å². The minimum absolute atomic E-state index is 0.127. The molecule has 2 heterocycles. The Hall–Kier alpha value is -2.01. The smallest absolute Gasteiger partial charge is 0.293 e. The molecule has 1 atom stereocenters. The van der Waals surface area contributed by atoms with Crippen LogP contribution in [0, 0.1) is 6.92 Å². The highest BCUT2D eigenvalue weighted by Gasteiger charge is 2.37. The molecule has 1 aromatic rings. The molecule has 2 aliphatic heterocycles. The van der Waals surface area contributed by atoms with Gasteiger partial charge < -0.3 is 4.90 Å². The van der Waals surface area contributed by atoms with Crippen LogP contribution in [0.15, 0.2) is 29.7 Å². The van der Waals surface area contributed by atoms with Gasteiger partial charge in [0.25, 0.3) is 11.1 Å². The second-order valence-corrected chi connectivity index (χ2v) is 9.00. The number of anilines is 1. The monoisotopic (exact) mass is 384 g/mol. The summed E-state index contributed by atoms with van der Waals surface area (Å²) in [7, 11) is 0. The van der Waals surface area contributed by atoms with Crippen molar-refractivity contribution in [3.8, 4) is 0 Å². The second-order valence-electron chi connectivity index (χ2n) is 8.01. The third-order valence-electron chi connectivity index (χ3n) is 5.56. The van der Waals surface area contributed by atoms with Gasteiger partial charge in [-0.25, -0.2) is 0 Å². The van der Waals surface area contributed by atoms with Crippen molar-refractivity contribution < 1.29 is 9.59 Å². The molecule has 0 radical (unpaired) electrons. The van der Waals surface area contributed by atoms with Crippen LogP contribution in [0.25, 0.3) is 6.08 Å². The van der Waals surface area contributed by atoms with Crippen molar-refractivity contribution in [2.45, 2.75) is 52.5 Å². The molecular formula is C22H28N2O2S. The van der Waals surface area contributed by atoms with Crippen LogP contribution >= 0.6 is 11.8 Å². The van der Waals surface area contributed by atoms with Crippen LogP contribution < -0.4 is 4.90 Å². The van der Waals surface area contributed by atoms with Crippen molar-refractivity contribution in [2.24, 2.45) is 0 Å². The number of carbonyl (C=O) groups excluding carboxylic acids is 2. The maximum Gasteiger partial charge on any atom is 0.293 e. The Kier molecular flexibility index (Phi) is 5.26. The number of carbonyl (C=O) groups is 2. The van der Waals surface area contributed by atoms with Gasteiger partial charge >= 0.3 is 0 Å². The quantitative estimate of drug-likeness (QED) is 0.520. The maximum absolute atomic E-state index is 12.5. The number of amides is 2. The van der Waals surface area contributed by atoms with Crippen LogP contribution in [-0.2, 0) is 4.79 Å². The number of hydrogen-bond acceptors (Lipinski definition) is 4. The minimum Gasteiger partial charge on any atom is -0.366 e. The molecule has 1 aromatic carbocycles. The van der Waals surface area contributed by atoms with E-state index in [1.165, 1.54) is 16.2 Å². The van der Waals surface area contributed by atoms with Crippen LogP contribution in [0.1, 0.15) is 56.7 Å². The number of rotatable bonds is 4. The third-order valence-corrected chi connectivity index (χ3v) is 6.47. The molecule has 1 saturated heterocycles. The summed E-state index contributed by atoms with van der Waals surface area (Å²) in [5.74, 6) is 0.216. The van der Waals surface area contributed by atoms with Gasteiger partial charge in [0.2, 0.25) is 0 Å². The summed E-state index contributed by atoms with van der Waals surface area (Å²) in [5.41, 5.74) is 4.87. The molecule has 1 fully saturated rings. The Bertz CT molecular complexity index is 841. The van der Waals surface area contributed by atoms with E-state index in [1.54, 1.807) is 6.08 Å². The van der Waals surface area contributed by atoms with E-state index in [0.29, 0.717) is 10.8 Å². The van der Waals surface area contributed by atoms with Crippen molar-refractivity contribution in [2.75, 3.05) is 18.0 Å². The number of imide groups is 1. The summed E-state index contributed by atoms with van der Waals surface area (Å²) in [5, 5.41) is -0.228. The molecular weight excluding hydrogens is 356 g/mol. The molecule has 3 rings (SSSR count). The highest BCUT2D eigenvalue weighted by molar-refractivity contribution is 8.18. The Morgan fingerprint density at radius 2 is 2.04 bits per heavy atom. The largest absolute Gasteiger partial charge is 0.366 e. The Morgan fingerprint density at radius 3 is 2.67 bits per heavy atom. The summed E-state index contributed by atoms with van der Waals surface area (Å²) in [6.07, 6.45) is 4.53. The van der Waals surface area contributed by atoms with Crippen LogP contribution in [-0.4, -0.2) is 34.7 Å². The van der Waals surface area contributed by atoms with Gasteiger partial charge in [-0.15, -0.1) is 6.58 Å². The lowest BCUT2D eigenvalue weighted by Gasteiger charge is -2.47. The van der Waals surface area contributed by atoms with E-state index in [9.17, 15) is 9.59 Å². The van der Waals surface area contributed by atoms with Gasteiger partial charge in [-0.05, 0) is 86.7 Å². The second kappa shape index (κ2) is 7.19. The van der Waals surface area contributed by atoms with E-state index in [2.05, 4.69) is 58.2 Å². The summed E-state index contributed by atoms with van der Waals surface area (Å²) >= 11 is 1.01. The summed E-state index contributed by atoms with van der Waals surface area (Å²) in [6, 6.07) is 4.44. The number of thioether (sulfide) groups is 1. The first-order valence-electron chi connectivity index (χ1n) is 9.48. The molecule has 0 bridgehead atoms. The summed E-state index contributed by atoms with van der Waals surface area (Å²) in [6.45, 7) is 16.0. The predicted octanol–water partition coefficient (Wildman–Crippen LogP) is 5.33. The third kappa shape index (κ3) is 3.45. The van der Waals surface area contributed by atoms with Crippen molar-refractivity contribution in [1.82, 2.24) is 4.90 Å². The average molecular weight is 385 g/mol. The fraction of sp³-hybridized carbons (Fsp3) is 0.455. The first kappa shape index (κ1) is 19.7. The highest BCUT2D eigenvalue weighted by atomic mass is 32.2. The molecule has 0 N–H and O–H groups in total. The van der Waals surface area contributed by atoms with Crippen LogP contribution in [0.4, 0.5) is 10.5 Å². The molecule has 0 unspecified atom stereocenters. The molecule has 2 amide bonds. The zero-order chi connectivity index (χ0) is 19.9. The molecule has 0 spiro atoms. The van der Waals surface area contributed by atoms with Gasteiger partial charge in [0.05, 0.1) is 4.91 Å².